The first-order chi connectivity index (χ1) is 14.4. The van der Waals surface area contributed by atoms with Gasteiger partial charge >= 0.3 is 0 Å². The predicted octanol–water partition coefficient (Wildman–Crippen LogP) is 4.53. The molecule has 0 aliphatic carbocycles. The molecule has 4 rings (SSSR count). The number of hydrogen-bond donors (Lipinski definition) is 1. The number of amides is 1. The molecule has 6 nitrogen and oxygen atoms in total. The molecule has 1 aliphatic heterocycles. The number of hydrogen-bond acceptors (Lipinski definition) is 5. The number of furan rings is 1. The quantitative estimate of drug-likeness (QED) is 0.393. The fourth-order valence-electron chi connectivity index (χ4n) is 3.70. The Morgan fingerprint density at radius 3 is 2.40 bits per heavy atom. The molecule has 2 heterocycles. The molecule has 1 amide bonds. The number of carbonyl (C=O) groups excluding carboxylic acids is 2. The lowest BCUT2D eigenvalue weighted by molar-refractivity contribution is -0.132. The zero-order chi connectivity index (χ0) is 21.4. The summed E-state index contributed by atoms with van der Waals surface area (Å²) in [5.74, 6) is -0.680. The Morgan fingerprint density at radius 1 is 1.07 bits per heavy atom. The van der Waals surface area contributed by atoms with E-state index in [-0.39, 0.29) is 11.3 Å². The smallest absolute Gasteiger partial charge is 0.300 e. The number of aliphatic hydroxyl groups is 1. The first kappa shape index (κ1) is 19.5. The number of anilines is 1. The van der Waals surface area contributed by atoms with Gasteiger partial charge < -0.3 is 14.3 Å². The molecule has 1 N–H and O–H groups in total. The molecule has 0 saturated carbocycles. The van der Waals surface area contributed by atoms with Gasteiger partial charge in [-0.3, -0.25) is 14.5 Å². The molecule has 2 aromatic carbocycles. The molecule has 6 heteroatoms. The van der Waals surface area contributed by atoms with Crippen LogP contribution in [-0.4, -0.2) is 23.9 Å². The highest BCUT2D eigenvalue weighted by Gasteiger charge is 2.48. The maximum Gasteiger partial charge on any atom is 0.300 e. The Morgan fingerprint density at radius 2 is 1.80 bits per heavy atom. The first-order valence-corrected chi connectivity index (χ1v) is 9.48. The van der Waals surface area contributed by atoms with Gasteiger partial charge in [0.2, 0.25) is 0 Å². The van der Waals surface area contributed by atoms with Gasteiger partial charge in [-0.05, 0) is 61.9 Å². The van der Waals surface area contributed by atoms with Crippen LogP contribution >= 0.6 is 0 Å². The van der Waals surface area contributed by atoms with Crippen molar-refractivity contribution in [3.8, 4) is 5.75 Å². The second-order valence-corrected chi connectivity index (χ2v) is 7.20. The normalized spacial score (nSPS) is 18.1. The van der Waals surface area contributed by atoms with Crippen LogP contribution in [0.4, 0.5) is 5.69 Å². The van der Waals surface area contributed by atoms with E-state index in [1.807, 2.05) is 26.0 Å². The van der Waals surface area contributed by atoms with Crippen LogP contribution in [0.2, 0.25) is 0 Å². The molecule has 3 aromatic rings. The number of ketones is 1. The topological polar surface area (TPSA) is 80.0 Å². The van der Waals surface area contributed by atoms with Crippen LogP contribution in [0.1, 0.15) is 28.5 Å². The van der Waals surface area contributed by atoms with E-state index < -0.39 is 17.7 Å². The molecule has 30 heavy (non-hydrogen) atoms. The van der Waals surface area contributed by atoms with Gasteiger partial charge in [0.25, 0.3) is 11.7 Å². The number of aliphatic hydroxyl groups excluding tert-OH is 1. The highest BCUT2D eigenvalue weighted by molar-refractivity contribution is 6.51. The second kappa shape index (κ2) is 7.55. The van der Waals surface area contributed by atoms with Crippen LogP contribution in [0.5, 0.6) is 5.75 Å². The number of aryl methyl sites for hydroxylation is 2. The molecular formula is C24H21NO5. The number of methoxy groups -OCH3 is 1. The minimum Gasteiger partial charge on any atom is -0.507 e. The van der Waals surface area contributed by atoms with Crippen molar-refractivity contribution in [1.82, 2.24) is 0 Å². The third-order valence-corrected chi connectivity index (χ3v) is 5.24. The molecule has 1 saturated heterocycles. The summed E-state index contributed by atoms with van der Waals surface area (Å²) in [5.41, 5.74) is 2.78. The van der Waals surface area contributed by atoms with E-state index in [9.17, 15) is 14.7 Å². The third-order valence-electron chi connectivity index (χ3n) is 5.24. The highest BCUT2D eigenvalue weighted by atomic mass is 16.5. The minimum absolute atomic E-state index is 0.0138. The van der Waals surface area contributed by atoms with Crippen LogP contribution in [0.15, 0.2) is 70.9 Å². The van der Waals surface area contributed by atoms with Crippen molar-refractivity contribution in [2.75, 3.05) is 12.0 Å². The van der Waals surface area contributed by atoms with Crippen LogP contribution in [-0.2, 0) is 9.59 Å². The Kier molecular flexibility index (Phi) is 4.91. The standard InChI is InChI=1S/C24H21NO5/c1-14-6-9-17(10-7-14)25-21(19-5-4-12-30-19)20(23(27)24(25)28)22(26)16-8-11-18(29-3)15(2)13-16/h4-13,21,26H,1-3H3/b22-20-. The minimum atomic E-state index is -0.870. The fourth-order valence-corrected chi connectivity index (χ4v) is 3.70. The summed E-state index contributed by atoms with van der Waals surface area (Å²) in [4.78, 5) is 27.4. The van der Waals surface area contributed by atoms with Gasteiger partial charge in [0.05, 0.1) is 18.9 Å². The van der Waals surface area contributed by atoms with E-state index in [1.54, 1.807) is 49.6 Å². The van der Waals surface area contributed by atoms with E-state index in [4.69, 9.17) is 9.15 Å². The van der Waals surface area contributed by atoms with Crippen molar-refractivity contribution < 1.29 is 23.8 Å². The van der Waals surface area contributed by atoms with Gasteiger partial charge in [-0.15, -0.1) is 0 Å². The lowest BCUT2D eigenvalue weighted by atomic mass is 9.98. The molecule has 0 bridgehead atoms. The molecule has 1 unspecified atom stereocenters. The lowest BCUT2D eigenvalue weighted by Crippen LogP contribution is -2.29. The van der Waals surface area contributed by atoms with E-state index in [0.717, 1.165) is 11.1 Å². The summed E-state index contributed by atoms with van der Waals surface area (Å²) in [6, 6.07) is 14.8. The van der Waals surface area contributed by atoms with Crippen LogP contribution in [0.3, 0.4) is 0 Å². The lowest BCUT2D eigenvalue weighted by Gasteiger charge is -2.23. The Balaban J connectivity index is 1.90. The zero-order valence-corrected chi connectivity index (χ0v) is 16.9. The average Bonchev–Trinajstić information content (AvgIpc) is 3.35. The van der Waals surface area contributed by atoms with Crippen molar-refractivity contribution in [3.05, 3.63) is 88.9 Å². The van der Waals surface area contributed by atoms with E-state index >= 15 is 0 Å². The first-order valence-electron chi connectivity index (χ1n) is 9.48. The van der Waals surface area contributed by atoms with Crippen molar-refractivity contribution in [2.24, 2.45) is 0 Å². The van der Waals surface area contributed by atoms with E-state index in [2.05, 4.69) is 0 Å². The molecule has 152 valence electrons. The van der Waals surface area contributed by atoms with Crippen molar-refractivity contribution in [2.45, 2.75) is 19.9 Å². The summed E-state index contributed by atoms with van der Waals surface area (Å²) in [7, 11) is 1.56. The molecule has 0 radical (unpaired) electrons. The Labute approximate surface area is 174 Å². The van der Waals surface area contributed by atoms with Gasteiger partial charge in [0.1, 0.15) is 23.3 Å². The highest BCUT2D eigenvalue weighted by Crippen LogP contribution is 2.42. The average molecular weight is 403 g/mol. The van der Waals surface area contributed by atoms with Gasteiger partial charge in [-0.1, -0.05) is 17.7 Å². The van der Waals surface area contributed by atoms with Crippen molar-refractivity contribution >= 4 is 23.1 Å². The SMILES string of the molecule is COc1ccc(/C(O)=C2/C(=O)C(=O)N(c3ccc(C)cc3)C2c2ccco2)cc1C. The summed E-state index contributed by atoms with van der Waals surface area (Å²) >= 11 is 0. The van der Waals surface area contributed by atoms with Crippen molar-refractivity contribution in [3.63, 3.8) is 0 Å². The van der Waals surface area contributed by atoms with Gasteiger partial charge in [-0.25, -0.2) is 0 Å². The number of nitrogens with zero attached hydrogens (tertiary/aromatic N) is 1. The fraction of sp³-hybridized carbons (Fsp3) is 0.167. The Hall–Kier alpha value is -3.80. The maximum atomic E-state index is 13.0. The monoisotopic (exact) mass is 403 g/mol. The number of benzene rings is 2. The largest absolute Gasteiger partial charge is 0.507 e. The Bertz CT molecular complexity index is 1140. The molecule has 1 atom stereocenters. The van der Waals surface area contributed by atoms with Crippen LogP contribution in [0, 0.1) is 13.8 Å². The van der Waals surface area contributed by atoms with E-state index in [1.165, 1.54) is 11.2 Å². The molecule has 1 fully saturated rings. The molecular weight excluding hydrogens is 382 g/mol. The summed E-state index contributed by atoms with van der Waals surface area (Å²) in [6.45, 7) is 3.78. The predicted molar refractivity (Wildman–Crippen MR) is 112 cm³/mol. The van der Waals surface area contributed by atoms with Gasteiger partial charge in [-0.2, -0.15) is 0 Å². The zero-order valence-electron chi connectivity index (χ0n) is 16.9. The van der Waals surface area contributed by atoms with Crippen molar-refractivity contribution in [1.29, 1.82) is 0 Å². The van der Waals surface area contributed by atoms with Gasteiger partial charge in [0, 0.05) is 11.3 Å². The number of carbonyl (C=O) groups is 2. The second-order valence-electron chi connectivity index (χ2n) is 7.20. The molecule has 1 aliphatic rings. The number of ether oxygens (including phenoxy) is 1. The summed E-state index contributed by atoms with van der Waals surface area (Å²) in [6.07, 6.45) is 1.47. The maximum absolute atomic E-state index is 13.0. The van der Waals surface area contributed by atoms with Crippen LogP contribution in [0.25, 0.3) is 5.76 Å². The number of Topliss-reactive ketones (excluding diaryl/α,β-unsaturated/α-hetero) is 1. The molecule has 1 aromatic heterocycles. The third kappa shape index (κ3) is 3.16. The van der Waals surface area contributed by atoms with E-state index in [0.29, 0.717) is 22.8 Å². The van der Waals surface area contributed by atoms with Gasteiger partial charge in [0.15, 0.2) is 0 Å². The number of rotatable bonds is 4. The summed E-state index contributed by atoms with van der Waals surface area (Å²) in [5, 5.41) is 11.1. The van der Waals surface area contributed by atoms with Crippen LogP contribution < -0.4 is 9.64 Å². The summed E-state index contributed by atoms with van der Waals surface area (Å²) < 4.78 is 10.8. The molecule has 0 spiro atoms.